The normalized spacial score (nSPS) is 10.0. The molecular weight excluding hydrogens is 280 g/mol. The van der Waals surface area contributed by atoms with Crippen LogP contribution in [0.25, 0.3) is 0 Å². The second-order valence-corrected chi connectivity index (χ2v) is 4.24. The van der Waals surface area contributed by atoms with Gasteiger partial charge in [0.05, 0.1) is 16.8 Å². The summed E-state index contributed by atoms with van der Waals surface area (Å²) >= 11 is 3.45. The van der Waals surface area contributed by atoms with Crippen LogP contribution in [0.15, 0.2) is 47.1 Å². The Balaban J connectivity index is 2.27. The van der Waals surface area contributed by atoms with Crippen LogP contribution in [0.5, 0.6) is 5.75 Å². The summed E-state index contributed by atoms with van der Waals surface area (Å²) in [6.45, 7) is 2.61. The van der Waals surface area contributed by atoms with Gasteiger partial charge in [-0.2, -0.15) is 0 Å². The molecule has 2 rings (SSSR count). The minimum Gasteiger partial charge on any atom is -0.492 e. The topological polar surface area (TPSA) is 34.1 Å². The van der Waals surface area contributed by atoms with Crippen molar-refractivity contribution in [3.05, 3.63) is 47.1 Å². The van der Waals surface area contributed by atoms with Crippen LogP contribution in [0.4, 0.5) is 11.5 Å². The Kier molecular flexibility index (Phi) is 3.98. The maximum absolute atomic E-state index is 5.54. The van der Waals surface area contributed by atoms with Crippen molar-refractivity contribution in [3.8, 4) is 5.75 Å². The number of aromatic nitrogens is 1. The van der Waals surface area contributed by atoms with Gasteiger partial charge in [-0.1, -0.05) is 12.1 Å². The molecule has 1 aromatic heterocycles. The molecule has 2 aromatic rings. The third-order valence-corrected chi connectivity index (χ3v) is 2.84. The van der Waals surface area contributed by atoms with Gasteiger partial charge in [-0.15, -0.1) is 0 Å². The summed E-state index contributed by atoms with van der Waals surface area (Å²) < 4.78 is 6.47. The van der Waals surface area contributed by atoms with E-state index in [1.54, 1.807) is 6.20 Å². The first-order valence-corrected chi connectivity index (χ1v) is 6.20. The van der Waals surface area contributed by atoms with Crippen molar-refractivity contribution in [1.82, 2.24) is 4.98 Å². The molecule has 88 valence electrons. The van der Waals surface area contributed by atoms with Crippen LogP contribution < -0.4 is 10.1 Å². The predicted molar refractivity (Wildman–Crippen MR) is 72.8 cm³/mol. The monoisotopic (exact) mass is 292 g/mol. The number of ether oxygens (including phenoxy) is 1. The summed E-state index contributed by atoms with van der Waals surface area (Å²) in [5.41, 5.74) is 0.911. The molecule has 0 aliphatic rings. The summed E-state index contributed by atoms with van der Waals surface area (Å²) in [7, 11) is 0. The lowest BCUT2D eigenvalue weighted by atomic mass is 10.3. The third kappa shape index (κ3) is 2.97. The second kappa shape index (κ2) is 5.68. The molecule has 0 fully saturated rings. The summed E-state index contributed by atoms with van der Waals surface area (Å²) in [5.74, 6) is 1.60. The van der Waals surface area contributed by atoms with Crippen LogP contribution in [0.2, 0.25) is 0 Å². The lowest BCUT2D eigenvalue weighted by molar-refractivity contribution is 0.342. The number of nitrogens with zero attached hydrogens (tertiary/aromatic N) is 1. The van der Waals surface area contributed by atoms with Gasteiger partial charge in [0, 0.05) is 6.20 Å². The molecule has 0 aliphatic carbocycles. The molecule has 1 aromatic carbocycles. The van der Waals surface area contributed by atoms with Gasteiger partial charge in [0.15, 0.2) is 0 Å². The Morgan fingerprint density at radius 3 is 2.82 bits per heavy atom. The molecule has 1 heterocycles. The molecule has 3 nitrogen and oxygen atoms in total. The molecule has 17 heavy (non-hydrogen) atoms. The highest BCUT2D eigenvalue weighted by Crippen LogP contribution is 2.29. The van der Waals surface area contributed by atoms with E-state index in [9.17, 15) is 0 Å². The van der Waals surface area contributed by atoms with Crippen molar-refractivity contribution < 1.29 is 4.74 Å². The average molecular weight is 293 g/mol. The SMILES string of the molecule is CCOc1ccccc1Nc1ncccc1Br. The number of benzene rings is 1. The van der Waals surface area contributed by atoms with Crippen molar-refractivity contribution in [2.24, 2.45) is 0 Å². The Labute approximate surface area is 109 Å². The van der Waals surface area contributed by atoms with E-state index in [0.717, 1.165) is 21.7 Å². The first-order valence-electron chi connectivity index (χ1n) is 5.40. The quantitative estimate of drug-likeness (QED) is 0.925. The maximum atomic E-state index is 5.54. The zero-order valence-corrected chi connectivity index (χ0v) is 11.1. The van der Waals surface area contributed by atoms with Gasteiger partial charge < -0.3 is 10.1 Å². The summed E-state index contributed by atoms with van der Waals surface area (Å²) in [6.07, 6.45) is 1.75. The Hall–Kier alpha value is -1.55. The Morgan fingerprint density at radius 1 is 1.24 bits per heavy atom. The largest absolute Gasteiger partial charge is 0.492 e. The first-order chi connectivity index (χ1) is 8.31. The van der Waals surface area contributed by atoms with Crippen LogP contribution in [-0.2, 0) is 0 Å². The van der Waals surface area contributed by atoms with Gasteiger partial charge in [0.2, 0.25) is 0 Å². The fraction of sp³-hybridized carbons (Fsp3) is 0.154. The van der Waals surface area contributed by atoms with E-state index >= 15 is 0 Å². The van der Waals surface area contributed by atoms with Crippen molar-refractivity contribution in [1.29, 1.82) is 0 Å². The van der Waals surface area contributed by atoms with Crippen LogP contribution >= 0.6 is 15.9 Å². The molecule has 0 saturated heterocycles. The van der Waals surface area contributed by atoms with E-state index in [4.69, 9.17) is 4.74 Å². The van der Waals surface area contributed by atoms with E-state index in [1.807, 2.05) is 43.3 Å². The Bertz CT molecular complexity index is 502. The highest BCUT2D eigenvalue weighted by Gasteiger charge is 2.05. The zero-order valence-electron chi connectivity index (χ0n) is 9.48. The average Bonchev–Trinajstić information content (AvgIpc) is 2.35. The molecule has 0 bridgehead atoms. The predicted octanol–water partition coefficient (Wildman–Crippen LogP) is 3.99. The van der Waals surface area contributed by atoms with Gasteiger partial charge in [0.25, 0.3) is 0 Å². The smallest absolute Gasteiger partial charge is 0.144 e. The van der Waals surface area contributed by atoms with Crippen LogP contribution in [0.3, 0.4) is 0 Å². The number of halogens is 1. The van der Waals surface area contributed by atoms with Crippen LogP contribution in [0, 0.1) is 0 Å². The van der Waals surface area contributed by atoms with Gasteiger partial charge >= 0.3 is 0 Å². The Morgan fingerprint density at radius 2 is 2.06 bits per heavy atom. The first kappa shape index (κ1) is 11.9. The molecule has 0 atom stereocenters. The molecule has 1 N–H and O–H groups in total. The van der Waals surface area contributed by atoms with E-state index in [2.05, 4.69) is 26.2 Å². The van der Waals surface area contributed by atoms with Crippen molar-refractivity contribution in [3.63, 3.8) is 0 Å². The summed E-state index contributed by atoms with van der Waals surface area (Å²) in [4.78, 5) is 4.26. The van der Waals surface area contributed by atoms with E-state index in [0.29, 0.717) is 6.61 Å². The van der Waals surface area contributed by atoms with Crippen molar-refractivity contribution >= 4 is 27.4 Å². The minimum atomic E-state index is 0.641. The van der Waals surface area contributed by atoms with Gasteiger partial charge in [0.1, 0.15) is 11.6 Å². The van der Waals surface area contributed by atoms with E-state index in [1.165, 1.54) is 0 Å². The lowest BCUT2D eigenvalue weighted by Crippen LogP contribution is -1.99. The van der Waals surface area contributed by atoms with E-state index < -0.39 is 0 Å². The maximum Gasteiger partial charge on any atom is 0.144 e. The van der Waals surface area contributed by atoms with Crippen LogP contribution in [-0.4, -0.2) is 11.6 Å². The third-order valence-electron chi connectivity index (χ3n) is 2.20. The fourth-order valence-electron chi connectivity index (χ4n) is 1.46. The standard InChI is InChI=1S/C13H13BrN2O/c1-2-17-12-8-4-3-7-11(12)16-13-10(14)6-5-9-15-13/h3-9H,2H2,1H3,(H,15,16). The van der Waals surface area contributed by atoms with Gasteiger partial charge in [-0.05, 0) is 47.1 Å². The second-order valence-electron chi connectivity index (χ2n) is 3.39. The number of anilines is 2. The summed E-state index contributed by atoms with van der Waals surface area (Å²) in [6, 6.07) is 11.6. The van der Waals surface area contributed by atoms with Gasteiger partial charge in [-0.25, -0.2) is 4.98 Å². The number of hydrogen-bond donors (Lipinski definition) is 1. The molecular formula is C13H13BrN2O. The number of hydrogen-bond acceptors (Lipinski definition) is 3. The lowest BCUT2D eigenvalue weighted by Gasteiger charge is -2.12. The molecule has 0 aliphatic heterocycles. The van der Waals surface area contributed by atoms with Crippen molar-refractivity contribution in [2.75, 3.05) is 11.9 Å². The summed E-state index contributed by atoms with van der Waals surface area (Å²) in [5, 5.41) is 3.24. The molecule has 0 amide bonds. The number of rotatable bonds is 4. The highest BCUT2D eigenvalue weighted by atomic mass is 79.9. The molecule has 4 heteroatoms. The van der Waals surface area contributed by atoms with Crippen LogP contribution in [0.1, 0.15) is 6.92 Å². The molecule has 0 saturated carbocycles. The zero-order chi connectivity index (χ0) is 12.1. The minimum absolute atomic E-state index is 0.641. The highest BCUT2D eigenvalue weighted by molar-refractivity contribution is 9.10. The van der Waals surface area contributed by atoms with Crippen molar-refractivity contribution in [2.45, 2.75) is 6.92 Å². The molecule has 0 unspecified atom stereocenters. The molecule has 0 spiro atoms. The molecule has 0 radical (unpaired) electrons. The number of pyridine rings is 1. The van der Waals surface area contributed by atoms with Gasteiger partial charge in [-0.3, -0.25) is 0 Å². The number of nitrogens with one attached hydrogen (secondary N) is 1. The number of para-hydroxylation sites is 2. The van der Waals surface area contributed by atoms with E-state index in [-0.39, 0.29) is 0 Å². The fourth-order valence-corrected chi connectivity index (χ4v) is 1.81.